The molecule has 0 aliphatic rings. The predicted molar refractivity (Wildman–Crippen MR) is 120 cm³/mol. The maximum absolute atomic E-state index is 13.0. The van der Waals surface area contributed by atoms with Gasteiger partial charge in [-0.05, 0) is 13.0 Å². The molecular formula is C20H17ClF3N7O3S. The molecule has 1 atom stereocenters. The molecule has 0 aliphatic heterocycles. The number of nitrogens with one attached hydrogen (secondary N) is 2. The van der Waals surface area contributed by atoms with Gasteiger partial charge in [0, 0.05) is 24.2 Å². The van der Waals surface area contributed by atoms with Gasteiger partial charge in [-0.15, -0.1) is 11.3 Å². The first-order chi connectivity index (χ1) is 16.4. The molecule has 184 valence electrons. The van der Waals surface area contributed by atoms with E-state index >= 15 is 0 Å². The minimum Gasteiger partial charge on any atom is -0.368 e. The lowest BCUT2D eigenvalue weighted by molar-refractivity contribution is -0.137. The molecule has 2 amide bonds. The lowest BCUT2D eigenvalue weighted by Gasteiger charge is -2.11. The minimum atomic E-state index is -4.68. The van der Waals surface area contributed by atoms with E-state index in [9.17, 15) is 27.6 Å². The Balaban J connectivity index is 1.65. The average molecular weight is 528 g/mol. The number of hydrogen-bond donors (Lipinski definition) is 3. The van der Waals surface area contributed by atoms with E-state index in [4.69, 9.17) is 17.3 Å². The fraction of sp³-hybridized carbons (Fsp3) is 0.250. The summed E-state index contributed by atoms with van der Waals surface area (Å²) in [6.07, 6.45) is -1.79. The third-order valence-corrected chi connectivity index (χ3v) is 5.94. The van der Waals surface area contributed by atoms with Gasteiger partial charge in [-0.1, -0.05) is 11.6 Å². The average Bonchev–Trinajstić information content (AvgIpc) is 3.29. The summed E-state index contributed by atoms with van der Waals surface area (Å²) in [4.78, 5) is 51.8. The summed E-state index contributed by atoms with van der Waals surface area (Å²) >= 11 is 6.54. The standard InChI is InChI=1S/C20H17ClF3N7O3S/c1-9(31-18(34)13-4-17(30-8-29-13)27-7-16(25)33)19-28-6-15(35-19)14(32)3-10-2-11(20(22,23)24)12(21)5-26-10/h2,4-6,8-9H,3,7H2,1H3,(H2,25,33)(H,31,34)(H,27,29,30). The predicted octanol–water partition coefficient (Wildman–Crippen LogP) is 2.81. The monoisotopic (exact) mass is 527 g/mol. The van der Waals surface area contributed by atoms with Gasteiger partial charge in [0.1, 0.15) is 22.8 Å². The SMILES string of the molecule is CC(NC(=O)c1cc(NCC(N)=O)ncn1)c1ncc(C(=O)Cc2cc(C(F)(F)F)c(Cl)cn2)s1. The molecule has 3 heterocycles. The second kappa shape index (κ2) is 10.7. The molecule has 0 aromatic carbocycles. The van der Waals surface area contributed by atoms with E-state index in [1.165, 1.54) is 12.3 Å². The lowest BCUT2D eigenvalue weighted by atomic mass is 10.1. The van der Waals surface area contributed by atoms with Crippen molar-refractivity contribution in [2.24, 2.45) is 5.73 Å². The van der Waals surface area contributed by atoms with Gasteiger partial charge >= 0.3 is 6.18 Å². The molecule has 0 aliphatic carbocycles. The number of pyridine rings is 1. The number of ketones is 1. The van der Waals surface area contributed by atoms with Crippen molar-refractivity contribution in [2.75, 3.05) is 11.9 Å². The molecule has 0 spiro atoms. The van der Waals surface area contributed by atoms with Crippen molar-refractivity contribution >= 4 is 46.4 Å². The summed E-state index contributed by atoms with van der Waals surface area (Å²) in [5.74, 6) is -1.43. The number of alkyl halides is 3. The van der Waals surface area contributed by atoms with Crippen LogP contribution in [-0.2, 0) is 17.4 Å². The number of hydrogen-bond acceptors (Lipinski definition) is 9. The van der Waals surface area contributed by atoms with E-state index < -0.39 is 40.4 Å². The van der Waals surface area contributed by atoms with Crippen molar-refractivity contribution in [2.45, 2.75) is 25.6 Å². The Morgan fingerprint density at radius 2 is 1.89 bits per heavy atom. The Labute approximate surface area is 205 Å². The van der Waals surface area contributed by atoms with Crippen LogP contribution in [0.2, 0.25) is 5.02 Å². The van der Waals surface area contributed by atoms with E-state index in [1.807, 2.05) is 0 Å². The fourth-order valence-corrected chi connectivity index (χ4v) is 3.82. The van der Waals surface area contributed by atoms with Crippen molar-refractivity contribution in [1.82, 2.24) is 25.3 Å². The molecule has 4 N–H and O–H groups in total. The fourth-order valence-electron chi connectivity index (χ4n) is 2.75. The molecule has 0 saturated heterocycles. The third kappa shape index (κ3) is 6.93. The van der Waals surface area contributed by atoms with Gasteiger partial charge in [0.2, 0.25) is 5.91 Å². The lowest BCUT2D eigenvalue weighted by Crippen LogP contribution is -2.28. The maximum atomic E-state index is 13.0. The van der Waals surface area contributed by atoms with Crippen LogP contribution in [0.3, 0.4) is 0 Å². The Hall–Kier alpha value is -3.65. The zero-order valence-corrected chi connectivity index (χ0v) is 19.5. The highest BCUT2D eigenvalue weighted by atomic mass is 35.5. The first kappa shape index (κ1) is 26.0. The first-order valence-electron chi connectivity index (χ1n) is 9.79. The summed E-state index contributed by atoms with van der Waals surface area (Å²) < 4.78 is 39.1. The van der Waals surface area contributed by atoms with Gasteiger partial charge in [0.15, 0.2) is 5.78 Å². The van der Waals surface area contributed by atoms with E-state index in [2.05, 4.69) is 30.6 Å². The van der Waals surface area contributed by atoms with Crippen LogP contribution in [0.15, 0.2) is 30.9 Å². The summed E-state index contributed by atoms with van der Waals surface area (Å²) in [6.45, 7) is 1.46. The summed E-state index contributed by atoms with van der Waals surface area (Å²) in [5.41, 5.74) is 3.91. The van der Waals surface area contributed by atoms with Crippen molar-refractivity contribution < 1.29 is 27.6 Å². The number of halogens is 4. The number of rotatable bonds is 9. The van der Waals surface area contributed by atoms with Crippen molar-refractivity contribution in [3.8, 4) is 0 Å². The number of amides is 2. The number of nitrogens with two attached hydrogens (primary N) is 1. The summed E-state index contributed by atoms with van der Waals surface area (Å²) in [7, 11) is 0. The number of nitrogens with zero attached hydrogens (tertiary/aromatic N) is 4. The number of carbonyl (C=O) groups excluding carboxylic acids is 3. The number of carbonyl (C=O) groups is 3. The largest absolute Gasteiger partial charge is 0.417 e. The Morgan fingerprint density at radius 1 is 1.14 bits per heavy atom. The van der Waals surface area contributed by atoms with Crippen LogP contribution in [0.1, 0.15) is 49.4 Å². The van der Waals surface area contributed by atoms with Crippen molar-refractivity contribution in [1.29, 1.82) is 0 Å². The molecule has 1 unspecified atom stereocenters. The van der Waals surface area contributed by atoms with Crippen LogP contribution >= 0.6 is 22.9 Å². The van der Waals surface area contributed by atoms with E-state index in [0.717, 1.165) is 29.9 Å². The van der Waals surface area contributed by atoms with Crippen LogP contribution in [-0.4, -0.2) is 44.1 Å². The van der Waals surface area contributed by atoms with E-state index in [0.29, 0.717) is 5.01 Å². The summed E-state index contributed by atoms with van der Waals surface area (Å²) in [6, 6.07) is 1.45. The third-order valence-electron chi connectivity index (χ3n) is 4.42. The smallest absolute Gasteiger partial charge is 0.368 e. The van der Waals surface area contributed by atoms with Crippen molar-refractivity contribution in [3.63, 3.8) is 0 Å². The highest BCUT2D eigenvalue weighted by molar-refractivity contribution is 7.13. The quantitative estimate of drug-likeness (QED) is 0.359. The molecule has 3 rings (SSSR count). The molecule has 35 heavy (non-hydrogen) atoms. The molecule has 3 aromatic heterocycles. The van der Waals surface area contributed by atoms with E-state index in [1.54, 1.807) is 6.92 Å². The highest BCUT2D eigenvalue weighted by Gasteiger charge is 2.34. The molecule has 0 bridgehead atoms. The molecular weight excluding hydrogens is 511 g/mol. The molecule has 3 aromatic rings. The maximum Gasteiger partial charge on any atom is 0.417 e. The number of aromatic nitrogens is 4. The van der Waals surface area contributed by atoms with Crippen LogP contribution in [0.5, 0.6) is 0 Å². The highest BCUT2D eigenvalue weighted by Crippen LogP contribution is 2.34. The van der Waals surface area contributed by atoms with E-state index in [-0.39, 0.29) is 35.0 Å². The second-order valence-corrected chi connectivity index (χ2v) is 8.59. The van der Waals surface area contributed by atoms with Crippen molar-refractivity contribution in [3.05, 3.63) is 62.7 Å². The zero-order chi connectivity index (χ0) is 25.8. The van der Waals surface area contributed by atoms with Gasteiger partial charge in [-0.25, -0.2) is 15.0 Å². The molecule has 0 saturated carbocycles. The van der Waals surface area contributed by atoms with Crippen LogP contribution < -0.4 is 16.4 Å². The Bertz CT molecular complexity index is 1270. The van der Waals surface area contributed by atoms with Gasteiger partial charge in [-0.2, -0.15) is 13.2 Å². The number of thiazole rings is 1. The normalized spacial score (nSPS) is 12.1. The number of anilines is 1. The topological polar surface area (TPSA) is 153 Å². The zero-order valence-electron chi connectivity index (χ0n) is 17.9. The van der Waals surface area contributed by atoms with Gasteiger partial charge in [0.05, 0.1) is 34.5 Å². The number of primary amides is 1. The first-order valence-corrected chi connectivity index (χ1v) is 11.0. The molecule has 10 nitrogen and oxygen atoms in total. The second-order valence-electron chi connectivity index (χ2n) is 7.12. The molecule has 0 radical (unpaired) electrons. The minimum absolute atomic E-state index is 0.0148. The van der Waals surface area contributed by atoms with Crippen LogP contribution in [0, 0.1) is 0 Å². The summed E-state index contributed by atoms with van der Waals surface area (Å²) in [5, 5.41) is 5.15. The molecule has 0 fully saturated rings. The Morgan fingerprint density at radius 3 is 2.57 bits per heavy atom. The molecule has 15 heteroatoms. The number of Topliss-reactive ketones (excluding diaryl/α,β-unsaturated/α-hetero) is 1. The Kier molecular flexibility index (Phi) is 7.96. The van der Waals surface area contributed by atoms with Gasteiger partial charge in [0.25, 0.3) is 5.91 Å². The van der Waals surface area contributed by atoms with Gasteiger partial charge in [-0.3, -0.25) is 19.4 Å². The van der Waals surface area contributed by atoms with Crippen LogP contribution in [0.25, 0.3) is 0 Å². The van der Waals surface area contributed by atoms with Gasteiger partial charge < -0.3 is 16.4 Å². The van der Waals surface area contributed by atoms with Crippen LogP contribution in [0.4, 0.5) is 19.0 Å².